The molecule has 0 fully saturated rings. The van der Waals surface area contributed by atoms with Crippen molar-refractivity contribution in [2.75, 3.05) is 13.2 Å². The van der Waals surface area contributed by atoms with Crippen molar-refractivity contribution in [1.82, 2.24) is 0 Å². The van der Waals surface area contributed by atoms with Gasteiger partial charge in [-0.3, -0.25) is 0 Å². The molecule has 21 heavy (non-hydrogen) atoms. The molecule has 1 unspecified atom stereocenters. The predicted octanol–water partition coefficient (Wildman–Crippen LogP) is 3.61. The topological polar surface area (TPSA) is 35.2 Å². The minimum Gasteiger partial charge on any atom is -0.379 e. The third-order valence-electron chi connectivity index (χ3n) is 3.25. The average Bonchev–Trinajstić information content (AvgIpc) is 2.50. The molecule has 2 nitrogen and oxygen atoms in total. The maximum atomic E-state index is 13.5. The molecule has 112 valence electrons. The van der Waals surface area contributed by atoms with Gasteiger partial charge in [0.25, 0.3) is 0 Å². The summed E-state index contributed by atoms with van der Waals surface area (Å²) in [5, 5.41) is 0. The van der Waals surface area contributed by atoms with E-state index < -0.39 is 17.7 Å². The Bertz CT molecular complexity index is 560. The van der Waals surface area contributed by atoms with Gasteiger partial charge in [-0.15, -0.1) is 0 Å². The van der Waals surface area contributed by atoms with E-state index in [-0.39, 0.29) is 12.2 Å². The Kier molecular flexibility index (Phi) is 5.84. The van der Waals surface area contributed by atoms with Gasteiger partial charge in [0, 0.05) is 12.2 Å². The molecule has 0 aromatic heterocycles. The molecule has 0 spiro atoms. The van der Waals surface area contributed by atoms with Gasteiger partial charge >= 0.3 is 0 Å². The quantitative estimate of drug-likeness (QED) is 0.791. The van der Waals surface area contributed by atoms with Crippen molar-refractivity contribution in [3.63, 3.8) is 0 Å². The Morgan fingerprint density at radius 3 is 2.57 bits per heavy atom. The summed E-state index contributed by atoms with van der Waals surface area (Å²) in [7, 11) is 0. The van der Waals surface area contributed by atoms with Crippen LogP contribution in [0.15, 0.2) is 48.5 Å². The molecule has 0 aliphatic heterocycles. The largest absolute Gasteiger partial charge is 0.379 e. The summed E-state index contributed by atoms with van der Waals surface area (Å²) in [5.74, 6) is -0.997. The number of rotatable bonds is 7. The molecule has 0 aliphatic rings. The summed E-state index contributed by atoms with van der Waals surface area (Å²) < 4.78 is 32.0. The van der Waals surface area contributed by atoms with Crippen molar-refractivity contribution in [2.45, 2.75) is 18.9 Å². The van der Waals surface area contributed by atoms with E-state index in [0.29, 0.717) is 6.61 Å². The van der Waals surface area contributed by atoms with Crippen LogP contribution in [0, 0.1) is 11.6 Å². The highest BCUT2D eigenvalue weighted by Crippen LogP contribution is 2.17. The first-order valence-electron chi connectivity index (χ1n) is 6.99. The summed E-state index contributed by atoms with van der Waals surface area (Å²) in [4.78, 5) is 0. The highest BCUT2D eigenvalue weighted by atomic mass is 19.1. The molecule has 0 saturated carbocycles. The lowest BCUT2D eigenvalue weighted by molar-refractivity contribution is 0.118. The molecule has 0 amide bonds. The third kappa shape index (κ3) is 4.92. The molecule has 2 N–H and O–H groups in total. The van der Waals surface area contributed by atoms with Crippen molar-refractivity contribution in [3.8, 4) is 0 Å². The number of hydrogen-bond acceptors (Lipinski definition) is 2. The van der Waals surface area contributed by atoms with Gasteiger partial charge in [0.2, 0.25) is 0 Å². The fourth-order valence-electron chi connectivity index (χ4n) is 2.12. The average molecular weight is 291 g/mol. The molecular formula is C17H19F2NO. The molecule has 0 bridgehead atoms. The minimum atomic E-state index is -0.655. The van der Waals surface area contributed by atoms with E-state index in [1.165, 1.54) is 5.56 Å². The zero-order chi connectivity index (χ0) is 15.1. The van der Waals surface area contributed by atoms with Crippen LogP contribution in [0.1, 0.15) is 23.6 Å². The van der Waals surface area contributed by atoms with Gasteiger partial charge in [0.05, 0.1) is 12.6 Å². The zero-order valence-electron chi connectivity index (χ0n) is 11.8. The van der Waals surface area contributed by atoms with E-state index in [1.807, 2.05) is 18.2 Å². The molecule has 2 aromatic rings. The molecule has 1 atom stereocenters. The second-order valence-corrected chi connectivity index (χ2v) is 4.94. The van der Waals surface area contributed by atoms with Crippen molar-refractivity contribution >= 4 is 0 Å². The van der Waals surface area contributed by atoms with Gasteiger partial charge in [0.1, 0.15) is 11.6 Å². The maximum absolute atomic E-state index is 13.5. The summed E-state index contributed by atoms with van der Waals surface area (Å²) in [6.45, 7) is 0.717. The van der Waals surface area contributed by atoms with E-state index in [0.717, 1.165) is 31.0 Å². The maximum Gasteiger partial charge on any atom is 0.128 e. The molecule has 0 aliphatic carbocycles. The summed E-state index contributed by atoms with van der Waals surface area (Å²) >= 11 is 0. The summed E-state index contributed by atoms with van der Waals surface area (Å²) in [6.07, 6.45) is 1.78. The van der Waals surface area contributed by atoms with Crippen LogP contribution in [0.3, 0.4) is 0 Å². The fraction of sp³-hybridized carbons (Fsp3) is 0.294. The first-order valence-corrected chi connectivity index (χ1v) is 6.99. The van der Waals surface area contributed by atoms with Crippen LogP contribution in [0.5, 0.6) is 0 Å². The fourth-order valence-corrected chi connectivity index (χ4v) is 2.12. The third-order valence-corrected chi connectivity index (χ3v) is 3.25. The lowest BCUT2D eigenvalue weighted by atomic mass is 10.1. The number of benzene rings is 2. The molecule has 2 rings (SSSR count). The van der Waals surface area contributed by atoms with Crippen LogP contribution < -0.4 is 5.73 Å². The number of halogens is 2. The summed E-state index contributed by atoms with van der Waals surface area (Å²) in [5.41, 5.74) is 7.23. The molecule has 0 radical (unpaired) electrons. The molecular weight excluding hydrogens is 272 g/mol. The lowest BCUT2D eigenvalue weighted by Gasteiger charge is -2.13. The number of nitrogens with two attached hydrogens (primary N) is 1. The highest BCUT2D eigenvalue weighted by molar-refractivity contribution is 5.22. The molecule has 4 heteroatoms. The molecule has 0 heterocycles. The van der Waals surface area contributed by atoms with Crippen molar-refractivity contribution in [1.29, 1.82) is 0 Å². The van der Waals surface area contributed by atoms with E-state index in [4.69, 9.17) is 10.5 Å². The minimum absolute atomic E-state index is 0.151. The second-order valence-electron chi connectivity index (χ2n) is 4.94. The van der Waals surface area contributed by atoms with Crippen LogP contribution in [0.4, 0.5) is 8.78 Å². The van der Waals surface area contributed by atoms with Gasteiger partial charge < -0.3 is 10.5 Å². The first kappa shape index (κ1) is 15.6. The van der Waals surface area contributed by atoms with Crippen LogP contribution in [-0.2, 0) is 11.2 Å². The van der Waals surface area contributed by atoms with E-state index in [2.05, 4.69) is 12.1 Å². The van der Waals surface area contributed by atoms with Crippen LogP contribution in [0.25, 0.3) is 0 Å². The van der Waals surface area contributed by atoms with E-state index >= 15 is 0 Å². The first-order chi connectivity index (χ1) is 10.2. The molecule has 0 saturated heterocycles. The lowest BCUT2D eigenvalue weighted by Crippen LogP contribution is -2.19. The van der Waals surface area contributed by atoms with Crippen LogP contribution in [-0.4, -0.2) is 13.2 Å². The van der Waals surface area contributed by atoms with Gasteiger partial charge in [-0.05, 0) is 36.6 Å². The SMILES string of the molecule is NC(COCCCc1ccccc1)c1cc(F)ccc1F. The van der Waals surface area contributed by atoms with Gasteiger partial charge in [-0.25, -0.2) is 8.78 Å². The Balaban J connectivity index is 1.72. The Morgan fingerprint density at radius 1 is 1.05 bits per heavy atom. The van der Waals surface area contributed by atoms with Gasteiger partial charge in [-0.2, -0.15) is 0 Å². The Hall–Kier alpha value is -1.78. The zero-order valence-corrected chi connectivity index (χ0v) is 11.8. The summed E-state index contributed by atoms with van der Waals surface area (Å²) in [6, 6.07) is 12.7. The van der Waals surface area contributed by atoms with Gasteiger partial charge in [0.15, 0.2) is 0 Å². The monoisotopic (exact) mass is 291 g/mol. The normalized spacial score (nSPS) is 12.3. The Morgan fingerprint density at radius 2 is 1.81 bits per heavy atom. The van der Waals surface area contributed by atoms with Crippen molar-refractivity contribution in [2.24, 2.45) is 5.73 Å². The van der Waals surface area contributed by atoms with Gasteiger partial charge in [-0.1, -0.05) is 30.3 Å². The van der Waals surface area contributed by atoms with Crippen LogP contribution in [0.2, 0.25) is 0 Å². The van der Waals surface area contributed by atoms with Crippen molar-refractivity contribution in [3.05, 3.63) is 71.3 Å². The van der Waals surface area contributed by atoms with Crippen molar-refractivity contribution < 1.29 is 13.5 Å². The number of aryl methyl sites for hydroxylation is 1. The predicted molar refractivity (Wildman–Crippen MR) is 78.9 cm³/mol. The van der Waals surface area contributed by atoms with Crippen LogP contribution >= 0.6 is 0 Å². The highest BCUT2D eigenvalue weighted by Gasteiger charge is 2.12. The smallest absolute Gasteiger partial charge is 0.128 e. The standard InChI is InChI=1S/C17H19F2NO/c18-14-8-9-16(19)15(11-14)17(20)12-21-10-4-7-13-5-2-1-3-6-13/h1-3,5-6,8-9,11,17H,4,7,10,12,20H2. The Labute approximate surface area is 123 Å². The second kappa shape index (κ2) is 7.86. The van der Waals surface area contributed by atoms with E-state index in [9.17, 15) is 8.78 Å². The number of ether oxygens (including phenoxy) is 1. The number of hydrogen-bond donors (Lipinski definition) is 1. The molecule has 2 aromatic carbocycles. The van der Waals surface area contributed by atoms with E-state index in [1.54, 1.807) is 0 Å².